The van der Waals surface area contributed by atoms with Gasteiger partial charge in [-0.05, 0) is 17.7 Å². The lowest BCUT2D eigenvalue weighted by Crippen LogP contribution is -1.99. The average Bonchev–Trinajstić information content (AvgIpc) is 2.46. The van der Waals surface area contributed by atoms with E-state index in [1.54, 1.807) is 18.2 Å². The summed E-state index contributed by atoms with van der Waals surface area (Å²) in [5, 5.41) is 9.94. The minimum atomic E-state index is -0.859. The van der Waals surface area contributed by atoms with Crippen LogP contribution in [0.2, 0.25) is 5.02 Å². The van der Waals surface area contributed by atoms with Gasteiger partial charge in [-0.1, -0.05) is 17.7 Å². The number of aliphatic carboxylic acids is 1. The van der Waals surface area contributed by atoms with Gasteiger partial charge in [-0.25, -0.2) is 0 Å². The molecule has 1 heterocycles. The monoisotopic (exact) mass is 210 g/mol. The number of halogens is 1. The van der Waals surface area contributed by atoms with Crippen molar-refractivity contribution in [2.75, 3.05) is 0 Å². The molecule has 72 valence electrons. The van der Waals surface area contributed by atoms with E-state index in [0.717, 1.165) is 5.39 Å². The number of fused-ring (bicyclic) bond motifs is 1. The van der Waals surface area contributed by atoms with Crippen LogP contribution in [-0.2, 0) is 11.2 Å². The van der Waals surface area contributed by atoms with E-state index in [2.05, 4.69) is 0 Å². The fourth-order valence-corrected chi connectivity index (χ4v) is 1.53. The van der Waals surface area contributed by atoms with Gasteiger partial charge < -0.3 is 9.52 Å². The van der Waals surface area contributed by atoms with Crippen molar-refractivity contribution >= 4 is 28.5 Å². The van der Waals surface area contributed by atoms with Gasteiger partial charge in [0, 0.05) is 5.39 Å². The molecule has 0 atom stereocenters. The van der Waals surface area contributed by atoms with Gasteiger partial charge in [0.2, 0.25) is 0 Å². The lowest BCUT2D eigenvalue weighted by atomic mass is 10.1. The molecular formula is C10H7ClO3. The number of carbonyl (C=O) groups is 1. The average molecular weight is 211 g/mol. The highest BCUT2D eigenvalue weighted by molar-refractivity contribution is 6.35. The largest absolute Gasteiger partial charge is 0.481 e. The molecule has 2 rings (SSSR count). The summed E-state index contributed by atoms with van der Waals surface area (Å²) in [6.07, 6.45) is 1.44. The molecule has 0 saturated carbocycles. The summed E-state index contributed by atoms with van der Waals surface area (Å²) in [5.74, 6) is -0.859. The summed E-state index contributed by atoms with van der Waals surface area (Å²) >= 11 is 5.82. The van der Waals surface area contributed by atoms with E-state index in [0.29, 0.717) is 16.2 Å². The van der Waals surface area contributed by atoms with E-state index in [1.807, 2.05) is 0 Å². The highest BCUT2D eigenvalue weighted by Gasteiger charge is 2.06. The lowest BCUT2D eigenvalue weighted by Gasteiger charge is -1.95. The molecule has 1 N–H and O–H groups in total. The smallest absolute Gasteiger partial charge is 0.307 e. The number of carboxylic acid groups (broad SMARTS) is 1. The second kappa shape index (κ2) is 3.35. The lowest BCUT2D eigenvalue weighted by molar-refractivity contribution is -0.136. The Labute approximate surface area is 84.9 Å². The van der Waals surface area contributed by atoms with E-state index in [9.17, 15) is 4.79 Å². The van der Waals surface area contributed by atoms with Crippen LogP contribution in [0.5, 0.6) is 0 Å². The molecule has 0 aliphatic rings. The van der Waals surface area contributed by atoms with Crippen LogP contribution in [0.15, 0.2) is 28.9 Å². The number of hydrogen-bond donors (Lipinski definition) is 1. The van der Waals surface area contributed by atoms with Crippen LogP contribution in [0, 0.1) is 0 Å². The molecule has 0 fully saturated rings. The third kappa shape index (κ3) is 1.59. The molecule has 4 heteroatoms. The maximum atomic E-state index is 10.5. The van der Waals surface area contributed by atoms with E-state index >= 15 is 0 Å². The fourth-order valence-electron chi connectivity index (χ4n) is 1.32. The summed E-state index contributed by atoms with van der Waals surface area (Å²) in [6, 6.07) is 5.19. The number of benzene rings is 1. The molecule has 0 aliphatic carbocycles. The van der Waals surface area contributed by atoms with Crippen LogP contribution in [-0.4, -0.2) is 11.1 Å². The zero-order valence-electron chi connectivity index (χ0n) is 7.16. The Hall–Kier alpha value is -1.48. The third-order valence-corrected chi connectivity index (χ3v) is 2.24. The second-order valence-corrected chi connectivity index (χ2v) is 3.39. The van der Waals surface area contributed by atoms with Gasteiger partial charge in [-0.3, -0.25) is 4.79 Å². The van der Waals surface area contributed by atoms with Crippen LogP contribution in [0.25, 0.3) is 11.0 Å². The molecule has 2 aromatic rings. The third-order valence-electron chi connectivity index (χ3n) is 1.95. The maximum absolute atomic E-state index is 10.5. The van der Waals surface area contributed by atoms with Crippen LogP contribution in [0.1, 0.15) is 5.56 Å². The second-order valence-electron chi connectivity index (χ2n) is 2.98. The van der Waals surface area contributed by atoms with Crippen molar-refractivity contribution in [3.8, 4) is 0 Å². The summed E-state index contributed by atoms with van der Waals surface area (Å²) in [4.78, 5) is 10.5. The molecule has 0 amide bonds. The summed E-state index contributed by atoms with van der Waals surface area (Å²) in [5.41, 5.74) is 1.32. The Morgan fingerprint density at radius 1 is 1.50 bits per heavy atom. The van der Waals surface area contributed by atoms with Crippen LogP contribution in [0.3, 0.4) is 0 Å². The Morgan fingerprint density at radius 2 is 2.29 bits per heavy atom. The van der Waals surface area contributed by atoms with Gasteiger partial charge >= 0.3 is 5.97 Å². The standard InChI is InChI=1S/C10H7ClO3/c11-8-5-14-9-3-6(4-10(12)13)1-2-7(8)9/h1-3,5H,4H2,(H,12,13). The van der Waals surface area contributed by atoms with E-state index in [1.165, 1.54) is 6.26 Å². The molecule has 0 saturated heterocycles. The van der Waals surface area contributed by atoms with Crippen LogP contribution in [0.4, 0.5) is 0 Å². The highest BCUT2D eigenvalue weighted by Crippen LogP contribution is 2.26. The first kappa shape index (κ1) is 9.09. The molecule has 1 aromatic carbocycles. The molecular weight excluding hydrogens is 204 g/mol. The van der Waals surface area contributed by atoms with Crippen molar-refractivity contribution in [1.29, 1.82) is 0 Å². The Balaban J connectivity index is 2.46. The normalized spacial score (nSPS) is 10.6. The summed E-state index contributed by atoms with van der Waals surface area (Å²) < 4.78 is 5.15. The van der Waals surface area contributed by atoms with E-state index < -0.39 is 5.97 Å². The molecule has 1 aromatic heterocycles. The fraction of sp³-hybridized carbons (Fsp3) is 0.100. The predicted octanol–water partition coefficient (Wildman–Crippen LogP) is 2.71. The first-order chi connectivity index (χ1) is 6.66. The van der Waals surface area contributed by atoms with Gasteiger partial charge in [-0.15, -0.1) is 0 Å². The number of carboxylic acids is 1. The van der Waals surface area contributed by atoms with Gasteiger partial charge in [0.15, 0.2) is 0 Å². The summed E-state index contributed by atoms with van der Waals surface area (Å²) in [6.45, 7) is 0. The zero-order valence-corrected chi connectivity index (χ0v) is 7.91. The van der Waals surface area contributed by atoms with Crippen molar-refractivity contribution in [3.63, 3.8) is 0 Å². The first-order valence-corrected chi connectivity index (χ1v) is 4.42. The molecule has 14 heavy (non-hydrogen) atoms. The Kier molecular flexibility index (Phi) is 2.17. The minimum Gasteiger partial charge on any atom is -0.481 e. The molecule has 0 spiro atoms. The van der Waals surface area contributed by atoms with Crippen molar-refractivity contribution in [1.82, 2.24) is 0 Å². The van der Waals surface area contributed by atoms with Crippen LogP contribution >= 0.6 is 11.6 Å². The van der Waals surface area contributed by atoms with Crippen molar-refractivity contribution in [3.05, 3.63) is 35.0 Å². The maximum Gasteiger partial charge on any atom is 0.307 e. The molecule has 0 bridgehead atoms. The zero-order chi connectivity index (χ0) is 10.1. The topological polar surface area (TPSA) is 50.4 Å². The van der Waals surface area contributed by atoms with Gasteiger partial charge in [0.25, 0.3) is 0 Å². The number of furan rings is 1. The highest BCUT2D eigenvalue weighted by atomic mass is 35.5. The van der Waals surface area contributed by atoms with Gasteiger partial charge in [0.05, 0.1) is 11.4 Å². The Morgan fingerprint density at radius 3 is 3.00 bits per heavy atom. The van der Waals surface area contributed by atoms with Crippen LogP contribution < -0.4 is 0 Å². The Bertz CT molecular complexity index is 487. The predicted molar refractivity (Wildman–Crippen MR) is 52.6 cm³/mol. The first-order valence-electron chi connectivity index (χ1n) is 4.04. The van der Waals surface area contributed by atoms with E-state index in [4.69, 9.17) is 21.1 Å². The van der Waals surface area contributed by atoms with Crippen molar-refractivity contribution in [2.24, 2.45) is 0 Å². The SMILES string of the molecule is O=C(O)Cc1ccc2c(Cl)coc2c1. The van der Waals surface area contributed by atoms with Crippen molar-refractivity contribution in [2.45, 2.75) is 6.42 Å². The van der Waals surface area contributed by atoms with E-state index in [-0.39, 0.29) is 6.42 Å². The quantitative estimate of drug-likeness (QED) is 0.829. The van der Waals surface area contributed by atoms with Crippen molar-refractivity contribution < 1.29 is 14.3 Å². The van der Waals surface area contributed by atoms with Gasteiger partial charge in [0.1, 0.15) is 11.8 Å². The number of hydrogen-bond acceptors (Lipinski definition) is 2. The summed E-state index contributed by atoms with van der Waals surface area (Å²) in [7, 11) is 0. The van der Waals surface area contributed by atoms with Gasteiger partial charge in [-0.2, -0.15) is 0 Å². The molecule has 3 nitrogen and oxygen atoms in total. The molecule has 0 radical (unpaired) electrons. The minimum absolute atomic E-state index is 0.00570. The molecule has 0 unspecified atom stereocenters. The number of rotatable bonds is 2. The molecule has 0 aliphatic heterocycles.